The Morgan fingerprint density at radius 3 is 2.62 bits per heavy atom. The van der Waals surface area contributed by atoms with Crippen molar-refractivity contribution in [2.45, 2.75) is 57.0 Å². The Labute approximate surface area is 173 Å². The molecule has 3 heterocycles. The van der Waals surface area contributed by atoms with Gasteiger partial charge in [0.1, 0.15) is 6.10 Å². The average molecular weight is 413 g/mol. The molecule has 0 aromatic rings. The number of fused-ring (bicyclic) bond motifs is 1. The number of urea groups is 1. The molecule has 3 amide bonds. The molecule has 9 heteroatoms. The Kier molecular flexibility index (Phi) is 8.11. The van der Waals surface area contributed by atoms with Crippen molar-refractivity contribution in [2.24, 2.45) is 0 Å². The van der Waals surface area contributed by atoms with Crippen LogP contribution in [-0.2, 0) is 14.3 Å². The third kappa shape index (κ3) is 6.04. The number of hydrogen-bond donors (Lipinski definition) is 2. The Bertz CT molecular complexity index is 555. The molecular formula is C20H36N4O5. The Morgan fingerprint density at radius 1 is 1.14 bits per heavy atom. The highest BCUT2D eigenvalue weighted by Gasteiger charge is 2.40. The van der Waals surface area contributed by atoms with Crippen molar-refractivity contribution < 1.29 is 24.2 Å². The van der Waals surface area contributed by atoms with Crippen molar-refractivity contribution in [3.8, 4) is 0 Å². The molecule has 3 aliphatic rings. The summed E-state index contributed by atoms with van der Waals surface area (Å²) in [6.45, 7) is 6.66. The second-order valence-electron chi connectivity index (χ2n) is 8.40. The predicted octanol–water partition coefficient (Wildman–Crippen LogP) is -0.121. The highest BCUT2D eigenvalue weighted by Crippen LogP contribution is 2.28. The van der Waals surface area contributed by atoms with Crippen LogP contribution in [-0.4, -0.2) is 116 Å². The van der Waals surface area contributed by atoms with E-state index in [2.05, 4.69) is 17.3 Å². The van der Waals surface area contributed by atoms with Gasteiger partial charge in [0.15, 0.2) is 0 Å². The van der Waals surface area contributed by atoms with Crippen molar-refractivity contribution in [3.63, 3.8) is 0 Å². The van der Waals surface area contributed by atoms with Crippen molar-refractivity contribution in [1.29, 1.82) is 0 Å². The molecule has 3 fully saturated rings. The number of β-amino-alcohol motifs (C(OH)–C–C–N with tert-alkyl or cyclic N) is 1. The minimum absolute atomic E-state index is 0.140. The van der Waals surface area contributed by atoms with Crippen molar-refractivity contribution in [3.05, 3.63) is 0 Å². The second kappa shape index (κ2) is 10.6. The first-order valence-corrected chi connectivity index (χ1v) is 10.9. The number of ether oxygens (including phenoxy) is 2. The van der Waals surface area contributed by atoms with Crippen LogP contribution in [0.15, 0.2) is 0 Å². The van der Waals surface area contributed by atoms with E-state index in [1.165, 1.54) is 0 Å². The van der Waals surface area contributed by atoms with E-state index < -0.39 is 6.10 Å². The van der Waals surface area contributed by atoms with Crippen LogP contribution in [0.5, 0.6) is 0 Å². The Balaban J connectivity index is 1.58. The molecule has 3 aliphatic heterocycles. The van der Waals surface area contributed by atoms with Crippen LogP contribution in [0.25, 0.3) is 0 Å². The quantitative estimate of drug-likeness (QED) is 0.669. The number of aliphatic hydroxyl groups is 1. The van der Waals surface area contributed by atoms with E-state index in [4.69, 9.17) is 9.47 Å². The molecule has 0 radical (unpaired) electrons. The molecule has 166 valence electrons. The van der Waals surface area contributed by atoms with E-state index in [9.17, 15) is 14.7 Å². The summed E-state index contributed by atoms with van der Waals surface area (Å²) in [4.78, 5) is 31.2. The van der Waals surface area contributed by atoms with Gasteiger partial charge in [-0.25, -0.2) is 4.79 Å². The van der Waals surface area contributed by atoms with Gasteiger partial charge in [-0.3, -0.25) is 4.79 Å². The molecule has 0 aliphatic carbocycles. The summed E-state index contributed by atoms with van der Waals surface area (Å²) in [6.07, 6.45) is 1.53. The number of nitrogens with one attached hydrogen (secondary N) is 1. The number of piperazine rings is 1. The summed E-state index contributed by atoms with van der Waals surface area (Å²) in [5.41, 5.74) is 0. The third-order valence-corrected chi connectivity index (χ3v) is 6.03. The molecule has 29 heavy (non-hydrogen) atoms. The molecule has 2 N–H and O–H groups in total. The van der Waals surface area contributed by atoms with E-state index in [1.807, 2.05) is 11.8 Å². The smallest absolute Gasteiger partial charge is 0.317 e. The minimum Gasteiger partial charge on any atom is -0.389 e. The summed E-state index contributed by atoms with van der Waals surface area (Å²) >= 11 is 0. The maximum atomic E-state index is 12.7. The van der Waals surface area contributed by atoms with Crippen molar-refractivity contribution in [2.75, 3.05) is 59.5 Å². The molecule has 0 bridgehead atoms. The van der Waals surface area contributed by atoms with E-state index >= 15 is 0 Å². The lowest BCUT2D eigenvalue weighted by Crippen LogP contribution is -2.59. The number of carbonyl (C=O) groups is 2. The molecule has 0 aromatic heterocycles. The summed E-state index contributed by atoms with van der Waals surface area (Å²) in [7, 11) is 2.07. The van der Waals surface area contributed by atoms with Crippen LogP contribution in [0, 0.1) is 0 Å². The van der Waals surface area contributed by atoms with Gasteiger partial charge in [-0.2, -0.15) is 0 Å². The zero-order chi connectivity index (χ0) is 20.8. The highest BCUT2D eigenvalue weighted by molar-refractivity contribution is 5.77. The molecule has 0 saturated carbocycles. The second-order valence-corrected chi connectivity index (χ2v) is 8.40. The van der Waals surface area contributed by atoms with Crippen LogP contribution in [0.2, 0.25) is 0 Å². The lowest BCUT2D eigenvalue weighted by molar-refractivity contribution is -0.155. The van der Waals surface area contributed by atoms with E-state index in [0.29, 0.717) is 26.0 Å². The van der Waals surface area contributed by atoms with Crippen LogP contribution in [0.4, 0.5) is 4.79 Å². The number of likely N-dealkylation sites (N-methyl/N-ethyl adjacent to an activating group) is 1. The predicted molar refractivity (Wildman–Crippen MR) is 108 cm³/mol. The fourth-order valence-corrected chi connectivity index (χ4v) is 4.29. The molecule has 4 atom stereocenters. The van der Waals surface area contributed by atoms with Crippen molar-refractivity contribution in [1.82, 2.24) is 20.0 Å². The molecule has 3 saturated heterocycles. The lowest BCUT2D eigenvalue weighted by Gasteiger charge is -2.44. The zero-order valence-corrected chi connectivity index (χ0v) is 17.7. The number of nitrogens with zero attached hydrogens (tertiary/aromatic N) is 3. The Morgan fingerprint density at radius 2 is 1.90 bits per heavy atom. The molecular weight excluding hydrogens is 376 g/mol. The van der Waals surface area contributed by atoms with Gasteiger partial charge >= 0.3 is 6.03 Å². The first kappa shape index (κ1) is 22.3. The van der Waals surface area contributed by atoms with Gasteiger partial charge in [0.05, 0.1) is 44.4 Å². The average Bonchev–Trinajstić information content (AvgIpc) is 2.70. The molecule has 0 aromatic carbocycles. The number of aliphatic hydroxyl groups excluding tert-OH is 1. The summed E-state index contributed by atoms with van der Waals surface area (Å²) in [6, 6.07) is -0.324. The summed E-state index contributed by atoms with van der Waals surface area (Å²) in [5.74, 6) is 0.140. The van der Waals surface area contributed by atoms with Gasteiger partial charge in [-0.05, 0) is 26.3 Å². The van der Waals surface area contributed by atoms with E-state index in [0.717, 1.165) is 39.0 Å². The third-order valence-electron chi connectivity index (χ3n) is 6.03. The van der Waals surface area contributed by atoms with Gasteiger partial charge in [0.2, 0.25) is 5.91 Å². The number of amides is 3. The maximum Gasteiger partial charge on any atom is 0.317 e. The maximum absolute atomic E-state index is 12.7. The topological polar surface area (TPSA) is 94.6 Å². The standard InChI is InChI=1S/C20H36N4O5/c1-3-6-21-20(27)24-12-15(25)13-28-14-18-17(24)5-4-16(29-18)11-19(26)23-9-7-22(2)8-10-23/h15-18,25H,3-14H2,1-2H3,(H,21,27)/t15-,16-,17+,18-/m0/s1. The van der Waals surface area contributed by atoms with Gasteiger partial charge < -0.3 is 34.6 Å². The highest BCUT2D eigenvalue weighted by atomic mass is 16.5. The van der Waals surface area contributed by atoms with Crippen LogP contribution in [0.3, 0.4) is 0 Å². The van der Waals surface area contributed by atoms with E-state index in [-0.39, 0.29) is 43.3 Å². The van der Waals surface area contributed by atoms with Gasteiger partial charge in [0.25, 0.3) is 0 Å². The SMILES string of the molecule is CCCNC(=O)N1C[C@H](O)COC[C@@H]2O[C@H](CC(=O)N3CCN(C)CC3)CC[C@H]21. The van der Waals surface area contributed by atoms with Gasteiger partial charge in [-0.15, -0.1) is 0 Å². The molecule has 3 rings (SSSR count). The van der Waals surface area contributed by atoms with Gasteiger partial charge in [-0.1, -0.05) is 6.92 Å². The van der Waals surface area contributed by atoms with Gasteiger partial charge in [0, 0.05) is 32.7 Å². The largest absolute Gasteiger partial charge is 0.389 e. The molecule has 9 nitrogen and oxygen atoms in total. The van der Waals surface area contributed by atoms with Crippen LogP contribution in [0.1, 0.15) is 32.6 Å². The number of hydrogen-bond acceptors (Lipinski definition) is 6. The van der Waals surface area contributed by atoms with Crippen molar-refractivity contribution >= 4 is 11.9 Å². The normalized spacial score (nSPS) is 31.6. The van der Waals surface area contributed by atoms with Crippen LogP contribution < -0.4 is 5.32 Å². The summed E-state index contributed by atoms with van der Waals surface area (Å²) < 4.78 is 11.9. The first-order chi connectivity index (χ1) is 14.0. The fourth-order valence-electron chi connectivity index (χ4n) is 4.29. The molecule has 0 unspecified atom stereocenters. The zero-order valence-electron chi connectivity index (χ0n) is 17.7. The summed E-state index contributed by atoms with van der Waals surface area (Å²) in [5, 5.41) is 13.1. The number of rotatable bonds is 4. The fraction of sp³-hybridized carbons (Fsp3) is 0.900. The van der Waals surface area contributed by atoms with Crippen LogP contribution >= 0.6 is 0 Å². The minimum atomic E-state index is -0.708. The lowest BCUT2D eigenvalue weighted by atomic mass is 9.94. The van der Waals surface area contributed by atoms with E-state index in [1.54, 1.807) is 4.90 Å². The monoisotopic (exact) mass is 412 g/mol. The number of carbonyl (C=O) groups excluding carboxylic acids is 2. The Hall–Kier alpha value is -1.42. The first-order valence-electron chi connectivity index (χ1n) is 10.9. The molecule has 0 spiro atoms.